The van der Waals surface area contributed by atoms with Crippen molar-refractivity contribution >= 4 is 29.4 Å². The molecular formula is C32H48N8O4. The molecule has 240 valence electrons. The zero-order chi connectivity index (χ0) is 32.8. The third-order valence-corrected chi connectivity index (χ3v) is 6.99. The molecule has 0 spiro atoms. The largest absolute Gasteiger partial charge is 0.385 e. The van der Waals surface area contributed by atoms with E-state index in [1.54, 1.807) is 12.1 Å². The van der Waals surface area contributed by atoms with E-state index in [9.17, 15) is 19.2 Å². The molecule has 0 fully saturated rings. The van der Waals surface area contributed by atoms with E-state index in [1.165, 1.54) is 0 Å². The van der Waals surface area contributed by atoms with E-state index in [1.807, 2.05) is 64.7 Å². The number of anilines is 1. The SMILES string of the molecule is CCN(CCNNC(=O)CCC=O)/C(N)=C/C=C(\C)c1cc(NC(C)C)c(CN)c(C(=O)NCc2c(C)cc(C)[nH]c2=O)c1. The first-order valence-electron chi connectivity index (χ1n) is 14.9. The first-order chi connectivity index (χ1) is 20.9. The first-order valence-corrected chi connectivity index (χ1v) is 14.9. The molecular weight excluding hydrogens is 560 g/mol. The molecule has 0 saturated heterocycles. The highest BCUT2D eigenvalue weighted by atomic mass is 16.2. The molecule has 44 heavy (non-hydrogen) atoms. The predicted molar refractivity (Wildman–Crippen MR) is 175 cm³/mol. The number of H-pyrrole nitrogens is 1. The van der Waals surface area contributed by atoms with E-state index < -0.39 is 0 Å². The van der Waals surface area contributed by atoms with E-state index in [-0.39, 0.29) is 49.3 Å². The molecule has 2 aromatic rings. The van der Waals surface area contributed by atoms with E-state index in [2.05, 4.69) is 26.5 Å². The van der Waals surface area contributed by atoms with Gasteiger partial charge in [0, 0.05) is 79.7 Å². The Morgan fingerprint density at radius 3 is 2.45 bits per heavy atom. The van der Waals surface area contributed by atoms with Crippen molar-refractivity contribution in [2.24, 2.45) is 11.5 Å². The van der Waals surface area contributed by atoms with Crippen molar-refractivity contribution in [2.45, 2.75) is 73.5 Å². The molecule has 2 rings (SSSR count). The minimum Gasteiger partial charge on any atom is -0.385 e. The summed E-state index contributed by atoms with van der Waals surface area (Å²) in [5, 5.41) is 6.31. The van der Waals surface area contributed by atoms with Gasteiger partial charge in [-0.2, -0.15) is 0 Å². The van der Waals surface area contributed by atoms with E-state index in [4.69, 9.17) is 11.5 Å². The van der Waals surface area contributed by atoms with Gasteiger partial charge in [-0.1, -0.05) is 6.08 Å². The number of benzene rings is 1. The topological polar surface area (TPSA) is 187 Å². The van der Waals surface area contributed by atoms with E-state index in [0.717, 1.165) is 28.1 Å². The van der Waals surface area contributed by atoms with Crippen molar-refractivity contribution in [3.05, 3.63) is 80.0 Å². The molecule has 0 aliphatic rings. The highest BCUT2D eigenvalue weighted by Crippen LogP contribution is 2.28. The number of aromatic nitrogens is 1. The second kappa shape index (κ2) is 17.6. The molecule has 0 radical (unpaired) electrons. The lowest BCUT2D eigenvalue weighted by molar-refractivity contribution is -0.123. The van der Waals surface area contributed by atoms with Gasteiger partial charge in [0.05, 0.1) is 5.82 Å². The monoisotopic (exact) mass is 608 g/mol. The van der Waals surface area contributed by atoms with Crippen LogP contribution in [0.3, 0.4) is 0 Å². The van der Waals surface area contributed by atoms with Gasteiger partial charge >= 0.3 is 0 Å². The zero-order valence-corrected chi connectivity index (χ0v) is 26.7. The molecule has 0 bridgehead atoms. The Balaban J connectivity index is 2.29. The summed E-state index contributed by atoms with van der Waals surface area (Å²) in [7, 11) is 0. The number of allylic oxidation sites excluding steroid dienone is 3. The maximum Gasteiger partial charge on any atom is 0.253 e. The highest BCUT2D eigenvalue weighted by molar-refractivity contribution is 5.98. The molecule has 12 nitrogen and oxygen atoms in total. The number of hydrogen-bond donors (Lipinski definition) is 7. The normalized spacial score (nSPS) is 11.8. The van der Waals surface area contributed by atoms with Gasteiger partial charge in [0.1, 0.15) is 6.29 Å². The summed E-state index contributed by atoms with van der Waals surface area (Å²) >= 11 is 0. The Labute approximate surface area is 259 Å². The van der Waals surface area contributed by atoms with Gasteiger partial charge in [0.2, 0.25) is 5.91 Å². The van der Waals surface area contributed by atoms with Crippen LogP contribution in [0.5, 0.6) is 0 Å². The number of rotatable bonds is 17. The summed E-state index contributed by atoms with van der Waals surface area (Å²) in [6.45, 7) is 13.5. The average Bonchev–Trinajstić information content (AvgIpc) is 2.97. The Hall–Kier alpha value is -4.42. The second-order valence-electron chi connectivity index (χ2n) is 10.9. The quantitative estimate of drug-likeness (QED) is 0.0612. The minimum atomic E-state index is -0.329. The molecule has 0 aliphatic heterocycles. The van der Waals surface area contributed by atoms with Crippen LogP contribution in [-0.4, -0.2) is 53.7 Å². The van der Waals surface area contributed by atoms with Crippen molar-refractivity contribution in [3.63, 3.8) is 0 Å². The van der Waals surface area contributed by atoms with Crippen molar-refractivity contribution in [3.8, 4) is 0 Å². The molecule has 9 N–H and O–H groups in total. The Morgan fingerprint density at radius 1 is 1.11 bits per heavy atom. The maximum absolute atomic E-state index is 13.5. The summed E-state index contributed by atoms with van der Waals surface area (Å²) in [4.78, 5) is 52.8. The number of nitrogens with two attached hydrogens (primary N) is 2. The summed E-state index contributed by atoms with van der Waals surface area (Å²) < 4.78 is 0. The number of carbonyl (C=O) groups is 3. The molecule has 1 heterocycles. The van der Waals surface area contributed by atoms with Gasteiger partial charge in [-0.05, 0) is 82.5 Å². The number of aldehydes is 1. The summed E-state index contributed by atoms with van der Waals surface area (Å²) in [6.07, 6.45) is 4.72. The Bertz CT molecular complexity index is 1430. The van der Waals surface area contributed by atoms with Crippen LogP contribution in [0.25, 0.3) is 5.57 Å². The first kappa shape index (κ1) is 35.8. The fraction of sp³-hybridized carbons (Fsp3) is 0.438. The molecule has 0 saturated carbocycles. The van der Waals surface area contributed by atoms with Gasteiger partial charge in [0.25, 0.3) is 11.5 Å². The number of nitrogens with one attached hydrogen (secondary N) is 5. The average molecular weight is 609 g/mol. The fourth-order valence-corrected chi connectivity index (χ4v) is 4.61. The van der Waals surface area contributed by atoms with Gasteiger partial charge in [0.15, 0.2) is 0 Å². The maximum atomic E-state index is 13.5. The lowest BCUT2D eigenvalue weighted by Gasteiger charge is -2.23. The molecule has 12 heteroatoms. The molecule has 0 atom stereocenters. The van der Waals surface area contributed by atoms with Crippen LogP contribution in [0, 0.1) is 13.8 Å². The molecule has 1 aromatic carbocycles. The predicted octanol–water partition coefficient (Wildman–Crippen LogP) is 2.33. The van der Waals surface area contributed by atoms with E-state index >= 15 is 0 Å². The van der Waals surface area contributed by atoms with Crippen molar-refractivity contribution in [1.29, 1.82) is 0 Å². The fourth-order valence-electron chi connectivity index (χ4n) is 4.61. The smallest absolute Gasteiger partial charge is 0.253 e. The van der Waals surface area contributed by atoms with Crippen molar-refractivity contribution < 1.29 is 14.4 Å². The number of aryl methyl sites for hydroxylation is 2. The lowest BCUT2D eigenvalue weighted by Crippen LogP contribution is -2.42. The summed E-state index contributed by atoms with van der Waals surface area (Å²) in [6, 6.07) is 5.75. The van der Waals surface area contributed by atoms with Crippen LogP contribution in [0.4, 0.5) is 5.69 Å². The number of nitrogens with zero attached hydrogens (tertiary/aromatic N) is 1. The molecule has 1 aromatic heterocycles. The minimum absolute atomic E-state index is 0.0830. The third kappa shape index (κ3) is 10.7. The van der Waals surface area contributed by atoms with Crippen LogP contribution in [0.2, 0.25) is 0 Å². The summed E-state index contributed by atoms with van der Waals surface area (Å²) in [5.74, 6) is -0.0397. The third-order valence-electron chi connectivity index (χ3n) is 6.99. The van der Waals surface area contributed by atoms with Gasteiger partial charge in [-0.25, -0.2) is 5.43 Å². The van der Waals surface area contributed by atoms with Crippen LogP contribution in [0.1, 0.15) is 78.8 Å². The number of likely N-dealkylation sites (N-methyl/N-ethyl adjacent to an activating group) is 1. The molecule has 0 aliphatic carbocycles. The molecule has 0 unspecified atom stereocenters. The van der Waals surface area contributed by atoms with Gasteiger partial charge in [-0.3, -0.25) is 19.8 Å². The Morgan fingerprint density at radius 2 is 1.84 bits per heavy atom. The van der Waals surface area contributed by atoms with Crippen LogP contribution in [0.15, 0.2) is 41.0 Å². The number of pyridine rings is 1. The standard InChI is InChI=1S/C32H48N8O4/c1-7-40(13-12-36-39-30(42)9-8-14-41)29(34)11-10-21(4)24-16-25(26(18-33)28(17-24)37-20(2)3)31(43)35-19-27-22(5)15-23(6)38-32(27)44/h10-11,14-17,20,36-37H,7-9,12-13,18-19,33-34H2,1-6H3,(H,35,43)(H,38,44)(H,39,42)/b21-10+,29-11+. The number of hydrazine groups is 1. The number of amides is 2. The second-order valence-corrected chi connectivity index (χ2v) is 10.9. The Kier molecular flexibility index (Phi) is 14.3. The number of aromatic amines is 1. The van der Waals surface area contributed by atoms with Crippen LogP contribution in [-0.2, 0) is 22.7 Å². The van der Waals surface area contributed by atoms with Crippen LogP contribution >= 0.6 is 0 Å². The number of carbonyl (C=O) groups excluding carboxylic acids is 3. The van der Waals surface area contributed by atoms with Crippen molar-refractivity contribution in [2.75, 3.05) is 25.0 Å². The summed E-state index contributed by atoms with van der Waals surface area (Å²) in [5.41, 5.74) is 23.3. The molecule has 2 amide bonds. The van der Waals surface area contributed by atoms with Crippen LogP contribution < -0.4 is 38.5 Å². The van der Waals surface area contributed by atoms with Gasteiger partial charge in [-0.15, -0.1) is 0 Å². The highest BCUT2D eigenvalue weighted by Gasteiger charge is 2.18. The number of hydrogen-bond acceptors (Lipinski definition) is 9. The zero-order valence-electron chi connectivity index (χ0n) is 26.7. The van der Waals surface area contributed by atoms with Gasteiger partial charge < -0.3 is 36.8 Å². The lowest BCUT2D eigenvalue weighted by atomic mass is 9.96. The van der Waals surface area contributed by atoms with Crippen molar-refractivity contribution in [1.82, 2.24) is 26.1 Å². The van der Waals surface area contributed by atoms with E-state index in [0.29, 0.717) is 48.4 Å².